The molecule has 1 N–H and O–H groups in total. The Hall–Kier alpha value is -3.69. The zero-order valence-electron chi connectivity index (χ0n) is 18.4. The number of nitrogens with one attached hydrogen (secondary N) is 1. The molecule has 12 nitrogen and oxygen atoms in total. The number of rotatable bonds is 8. The van der Waals surface area contributed by atoms with E-state index in [1.807, 2.05) is 12.1 Å². The summed E-state index contributed by atoms with van der Waals surface area (Å²) in [5.41, 5.74) is 3.69. The highest BCUT2D eigenvalue weighted by Crippen LogP contribution is 2.27. The molecule has 0 spiro atoms. The summed E-state index contributed by atoms with van der Waals surface area (Å²) < 4.78 is 21.6. The standard InChI is InChI=1S/C21H26N8O4/c1-30-18-14-16(2-3-17(18)33-9-4-22)15-23-27-19-24-20(28-5-10-31-11-6-28)26-21(25-19)29-7-12-32-13-8-29/h2-3,14-15H,5-13H2,1H3,(H,24,25,26,27)/b23-15-. The lowest BCUT2D eigenvalue weighted by molar-refractivity contribution is 0.121. The number of anilines is 3. The predicted octanol–water partition coefficient (Wildman–Crippen LogP) is 0.902. The highest BCUT2D eigenvalue weighted by Gasteiger charge is 2.20. The minimum absolute atomic E-state index is 0.0539. The van der Waals surface area contributed by atoms with Gasteiger partial charge in [0.05, 0.1) is 39.8 Å². The zero-order valence-corrected chi connectivity index (χ0v) is 18.4. The molecule has 0 saturated carbocycles. The predicted molar refractivity (Wildman–Crippen MR) is 121 cm³/mol. The van der Waals surface area contributed by atoms with Crippen LogP contribution in [0, 0.1) is 11.3 Å². The number of methoxy groups -OCH3 is 1. The number of nitriles is 1. The van der Waals surface area contributed by atoms with Gasteiger partial charge < -0.3 is 28.7 Å². The summed E-state index contributed by atoms with van der Waals surface area (Å²) in [5, 5.41) is 13.0. The van der Waals surface area contributed by atoms with Gasteiger partial charge in [0.15, 0.2) is 18.1 Å². The normalized spacial score (nSPS) is 16.5. The lowest BCUT2D eigenvalue weighted by Gasteiger charge is -2.30. The lowest BCUT2D eigenvalue weighted by Crippen LogP contribution is -2.40. The minimum Gasteiger partial charge on any atom is -0.493 e. The zero-order chi connectivity index (χ0) is 22.9. The van der Waals surface area contributed by atoms with Gasteiger partial charge in [-0.1, -0.05) is 0 Å². The van der Waals surface area contributed by atoms with Gasteiger partial charge >= 0.3 is 0 Å². The first-order chi connectivity index (χ1) is 16.3. The van der Waals surface area contributed by atoms with Crippen molar-refractivity contribution in [2.24, 2.45) is 5.10 Å². The molecule has 0 bridgehead atoms. The fraction of sp³-hybridized carbons (Fsp3) is 0.476. The Morgan fingerprint density at radius 2 is 1.67 bits per heavy atom. The first-order valence-electron chi connectivity index (χ1n) is 10.6. The summed E-state index contributed by atoms with van der Waals surface area (Å²) in [5.74, 6) is 2.54. The molecular weight excluding hydrogens is 428 g/mol. The molecule has 1 aromatic carbocycles. The van der Waals surface area contributed by atoms with E-state index in [1.165, 1.54) is 0 Å². The number of hydrogen-bond donors (Lipinski definition) is 1. The fourth-order valence-corrected chi connectivity index (χ4v) is 3.37. The van der Waals surface area contributed by atoms with Gasteiger partial charge in [0.2, 0.25) is 17.8 Å². The van der Waals surface area contributed by atoms with Gasteiger partial charge in [-0.2, -0.15) is 25.3 Å². The largest absolute Gasteiger partial charge is 0.493 e. The molecule has 0 atom stereocenters. The number of hydrazone groups is 1. The quantitative estimate of drug-likeness (QED) is 0.451. The molecule has 2 aliphatic heterocycles. The van der Waals surface area contributed by atoms with Crippen LogP contribution in [0.15, 0.2) is 23.3 Å². The van der Waals surface area contributed by atoms with Crippen LogP contribution >= 0.6 is 0 Å². The van der Waals surface area contributed by atoms with Crippen LogP contribution in [0.5, 0.6) is 11.5 Å². The molecule has 12 heteroatoms. The van der Waals surface area contributed by atoms with Crippen LogP contribution in [0.2, 0.25) is 0 Å². The van der Waals surface area contributed by atoms with Crippen LogP contribution in [0.1, 0.15) is 5.56 Å². The Labute approximate surface area is 191 Å². The van der Waals surface area contributed by atoms with Crippen LogP contribution < -0.4 is 24.7 Å². The molecule has 2 fully saturated rings. The van der Waals surface area contributed by atoms with Gasteiger partial charge in [-0.25, -0.2) is 5.43 Å². The van der Waals surface area contributed by atoms with Gasteiger partial charge in [0.25, 0.3) is 0 Å². The average Bonchev–Trinajstić information content (AvgIpc) is 2.88. The maximum absolute atomic E-state index is 8.70. The van der Waals surface area contributed by atoms with E-state index in [0.29, 0.717) is 55.8 Å². The second-order valence-corrected chi connectivity index (χ2v) is 7.18. The topological polar surface area (TPSA) is 130 Å². The number of aromatic nitrogens is 3. The van der Waals surface area contributed by atoms with Crippen molar-refractivity contribution in [2.45, 2.75) is 0 Å². The second kappa shape index (κ2) is 11.3. The van der Waals surface area contributed by atoms with E-state index < -0.39 is 0 Å². The summed E-state index contributed by atoms with van der Waals surface area (Å²) in [7, 11) is 1.54. The Balaban J connectivity index is 1.51. The van der Waals surface area contributed by atoms with Gasteiger partial charge in [-0.15, -0.1) is 0 Å². The molecule has 0 radical (unpaired) electrons. The van der Waals surface area contributed by atoms with Crippen LogP contribution in [0.4, 0.5) is 17.8 Å². The molecule has 1 aromatic heterocycles. The molecular formula is C21H26N8O4. The summed E-state index contributed by atoms with van der Waals surface area (Å²) in [4.78, 5) is 17.9. The second-order valence-electron chi connectivity index (χ2n) is 7.18. The third kappa shape index (κ3) is 5.97. The average molecular weight is 454 g/mol. The van der Waals surface area contributed by atoms with E-state index in [0.717, 1.165) is 31.7 Å². The van der Waals surface area contributed by atoms with Crippen molar-refractivity contribution in [3.8, 4) is 17.6 Å². The minimum atomic E-state index is -0.0539. The monoisotopic (exact) mass is 454 g/mol. The number of nitrogens with zero attached hydrogens (tertiary/aromatic N) is 7. The fourth-order valence-electron chi connectivity index (χ4n) is 3.37. The first-order valence-corrected chi connectivity index (χ1v) is 10.6. The molecule has 0 amide bonds. The van der Waals surface area contributed by atoms with Crippen molar-refractivity contribution in [2.75, 3.05) is 81.5 Å². The van der Waals surface area contributed by atoms with Gasteiger partial charge in [-0.3, -0.25) is 0 Å². The lowest BCUT2D eigenvalue weighted by atomic mass is 10.2. The van der Waals surface area contributed by atoms with Crippen LogP contribution in [-0.2, 0) is 9.47 Å². The van der Waals surface area contributed by atoms with Crippen LogP contribution in [0.25, 0.3) is 0 Å². The van der Waals surface area contributed by atoms with Crippen molar-refractivity contribution < 1.29 is 18.9 Å². The van der Waals surface area contributed by atoms with E-state index in [4.69, 9.17) is 24.2 Å². The van der Waals surface area contributed by atoms with Crippen molar-refractivity contribution >= 4 is 24.1 Å². The number of morpholine rings is 2. The molecule has 33 heavy (non-hydrogen) atoms. The van der Waals surface area contributed by atoms with Gasteiger partial charge in [-0.05, 0) is 23.8 Å². The molecule has 2 aliphatic rings. The van der Waals surface area contributed by atoms with Crippen molar-refractivity contribution in [1.82, 2.24) is 15.0 Å². The van der Waals surface area contributed by atoms with E-state index in [9.17, 15) is 0 Å². The Morgan fingerprint density at radius 1 is 1.03 bits per heavy atom. The molecule has 4 rings (SSSR count). The molecule has 0 aliphatic carbocycles. The van der Waals surface area contributed by atoms with Gasteiger partial charge in [0.1, 0.15) is 6.07 Å². The third-order valence-electron chi connectivity index (χ3n) is 5.06. The van der Waals surface area contributed by atoms with Crippen molar-refractivity contribution in [3.63, 3.8) is 0 Å². The number of hydrogen-bond acceptors (Lipinski definition) is 12. The van der Waals surface area contributed by atoms with Crippen LogP contribution in [-0.4, -0.2) is 87.5 Å². The Bertz CT molecular complexity index is 964. The van der Waals surface area contributed by atoms with Crippen molar-refractivity contribution in [3.05, 3.63) is 23.8 Å². The van der Waals surface area contributed by atoms with E-state index in [2.05, 4.69) is 35.3 Å². The highest BCUT2D eigenvalue weighted by molar-refractivity contribution is 5.81. The number of ether oxygens (including phenoxy) is 4. The summed E-state index contributed by atoms with van der Waals surface area (Å²) in [6.07, 6.45) is 1.63. The Kier molecular flexibility index (Phi) is 7.68. The van der Waals surface area contributed by atoms with E-state index >= 15 is 0 Å². The maximum atomic E-state index is 8.70. The maximum Gasteiger partial charge on any atom is 0.250 e. The molecule has 3 heterocycles. The third-order valence-corrected chi connectivity index (χ3v) is 5.06. The summed E-state index contributed by atoms with van der Waals surface area (Å²) >= 11 is 0. The molecule has 174 valence electrons. The van der Waals surface area contributed by atoms with Crippen molar-refractivity contribution in [1.29, 1.82) is 5.26 Å². The number of benzene rings is 1. The molecule has 2 saturated heterocycles. The summed E-state index contributed by atoms with van der Waals surface area (Å²) in [6.45, 7) is 5.35. The first kappa shape index (κ1) is 22.5. The molecule has 0 unspecified atom stereocenters. The van der Waals surface area contributed by atoms with E-state index in [-0.39, 0.29) is 6.61 Å². The van der Waals surface area contributed by atoms with Gasteiger partial charge in [0, 0.05) is 26.2 Å². The van der Waals surface area contributed by atoms with Crippen LogP contribution in [0.3, 0.4) is 0 Å². The SMILES string of the molecule is COc1cc(/C=N\Nc2nc(N3CCOCC3)nc(N3CCOCC3)n2)ccc1OCC#N. The Morgan fingerprint density at radius 3 is 2.24 bits per heavy atom. The molecule has 2 aromatic rings. The highest BCUT2D eigenvalue weighted by atomic mass is 16.5. The summed E-state index contributed by atoms with van der Waals surface area (Å²) in [6, 6.07) is 7.25. The van der Waals surface area contributed by atoms with E-state index in [1.54, 1.807) is 25.5 Å². The smallest absolute Gasteiger partial charge is 0.250 e.